The van der Waals surface area contributed by atoms with Gasteiger partial charge in [-0.3, -0.25) is 4.79 Å². The molecule has 1 saturated carbocycles. The highest BCUT2D eigenvalue weighted by molar-refractivity contribution is 5.94. The minimum atomic E-state index is -0.672. The van der Waals surface area contributed by atoms with Crippen LogP contribution in [-0.4, -0.2) is 44.2 Å². The number of hydrogen-bond acceptors (Lipinski definition) is 5. The number of halogens is 2. The number of rotatable bonds is 5. The Morgan fingerprint density at radius 3 is 2.59 bits per heavy atom. The lowest BCUT2D eigenvalue weighted by atomic mass is 9.68. The largest absolute Gasteiger partial charge is 0.493 e. The Hall–Kier alpha value is -3.42. The molecule has 1 N–H and O–H groups in total. The summed E-state index contributed by atoms with van der Waals surface area (Å²) in [5, 5.41) is 18.5. The SMILES string of the molecule is CCN(C[C@@]12CC[C@@H](c3cc(-c4c(F)cccc4F)nnc31)C2(C)C)C(=O)c1ccnc(O)c1. The first-order valence-electron chi connectivity index (χ1n) is 11.5. The third-order valence-corrected chi connectivity index (χ3v) is 7.96. The molecule has 5 rings (SSSR count). The summed E-state index contributed by atoms with van der Waals surface area (Å²) in [5.74, 6) is -1.60. The molecule has 1 fully saturated rings. The molecule has 1 amide bonds. The Bertz CT molecular complexity index is 1280. The van der Waals surface area contributed by atoms with Crippen molar-refractivity contribution in [3.05, 3.63) is 71.1 Å². The van der Waals surface area contributed by atoms with Crippen molar-refractivity contribution in [2.75, 3.05) is 13.1 Å². The van der Waals surface area contributed by atoms with Crippen molar-refractivity contribution in [3.8, 4) is 17.1 Å². The molecule has 3 aromatic rings. The first kappa shape index (κ1) is 22.4. The van der Waals surface area contributed by atoms with Gasteiger partial charge in [0.15, 0.2) is 0 Å². The highest BCUT2D eigenvalue weighted by atomic mass is 19.1. The average molecular weight is 465 g/mol. The van der Waals surface area contributed by atoms with E-state index in [-0.39, 0.29) is 34.4 Å². The first-order chi connectivity index (χ1) is 16.2. The van der Waals surface area contributed by atoms with Crippen LogP contribution in [0.15, 0.2) is 42.6 Å². The molecule has 34 heavy (non-hydrogen) atoms. The van der Waals surface area contributed by atoms with Crippen molar-refractivity contribution in [2.24, 2.45) is 5.41 Å². The maximum absolute atomic E-state index is 14.4. The molecule has 2 aliphatic rings. The van der Waals surface area contributed by atoms with E-state index in [1.54, 1.807) is 17.0 Å². The summed E-state index contributed by atoms with van der Waals surface area (Å²) >= 11 is 0. The fraction of sp³-hybridized carbons (Fsp3) is 0.385. The molecular weight excluding hydrogens is 438 g/mol. The molecule has 0 aliphatic heterocycles. The lowest BCUT2D eigenvalue weighted by molar-refractivity contribution is 0.0652. The minimum absolute atomic E-state index is 0.144. The molecule has 2 bridgehead atoms. The van der Waals surface area contributed by atoms with E-state index in [9.17, 15) is 18.7 Å². The first-order valence-corrected chi connectivity index (χ1v) is 11.5. The molecule has 0 saturated heterocycles. The molecule has 0 radical (unpaired) electrons. The number of nitrogens with zero attached hydrogens (tertiary/aromatic N) is 4. The average Bonchev–Trinajstić information content (AvgIpc) is 3.16. The van der Waals surface area contributed by atoms with Crippen LogP contribution in [-0.2, 0) is 5.41 Å². The molecule has 0 spiro atoms. The second-order valence-corrected chi connectivity index (χ2v) is 9.75. The number of aromatic hydroxyl groups is 1. The highest BCUT2D eigenvalue weighted by Crippen LogP contribution is 2.67. The summed E-state index contributed by atoms with van der Waals surface area (Å²) in [6.07, 6.45) is 3.14. The van der Waals surface area contributed by atoms with Crippen molar-refractivity contribution in [1.29, 1.82) is 0 Å². The molecule has 176 valence electrons. The summed E-state index contributed by atoms with van der Waals surface area (Å²) < 4.78 is 28.9. The van der Waals surface area contributed by atoms with E-state index in [1.807, 2.05) is 6.92 Å². The Morgan fingerprint density at radius 2 is 1.91 bits per heavy atom. The van der Waals surface area contributed by atoms with Gasteiger partial charge in [0, 0.05) is 36.3 Å². The Morgan fingerprint density at radius 1 is 1.18 bits per heavy atom. The van der Waals surface area contributed by atoms with Crippen LogP contribution in [0.3, 0.4) is 0 Å². The van der Waals surface area contributed by atoms with E-state index in [1.165, 1.54) is 30.5 Å². The van der Waals surface area contributed by atoms with E-state index in [0.717, 1.165) is 24.1 Å². The van der Waals surface area contributed by atoms with Crippen LogP contribution in [0.2, 0.25) is 0 Å². The molecule has 6 nitrogen and oxygen atoms in total. The molecule has 2 atom stereocenters. The van der Waals surface area contributed by atoms with Crippen molar-refractivity contribution >= 4 is 5.91 Å². The van der Waals surface area contributed by atoms with Gasteiger partial charge in [0.05, 0.1) is 17.0 Å². The standard InChI is InChI=1S/C26H26F2N4O2/c1-4-32(24(34)15-9-11-29-21(33)12-15)14-26-10-8-17(25(26,2)3)16-13-20(30-31-23(16)26)22-18(27)6-5-7-19(22)28/h5-7,9,11-13,17H,4,8,10,14H2,1-3H3,(H,29,33)/t17-,26-/m0/s1. The van der Waals surface area contributed by atoms with Crippen LogP contribution in [0.5, 0.6) is 5.88 Å². The molecule has 8 heteroatoms. The van der Waals surface area contributed by atoms with Crippen LogP contribution in [0.1, 0.15) is 61.1 Å². The number of pyridine rings is 1. The summed E-state index contributed by atoms with van der Waals surface area (Å²) in [5.41, 5.74) is 1.47. The van der Waals surface area contributed by atoms with E-state index in [0.29, 0.717) is 18.7 Å². The number of amides is 1. The number of likely N-dealkylation sites (N-methyl/N-ethyl adjacent to an activating group) is 1. The number of aromatic nitrogens is 3. The van der Waals surface area contributed by atoms with E-state index < -0.39 is 17.0 Å². The van der Waals surface area contributed by atoms with Crippen LogP contribution < -0.4 is 0 Å². The predicted molar refractivity (Wildman–Crippen MR) is 122 cm³/mol. The third-order valence-electron chi connectivity index (χ3n) is 7.96. The van der Waals surface area contributed by atoms with Gasteiger partial charge in [0.1, 0.15) is 11.6 Å². The molecule has 1 aromatic carbocycles. The number of carbonyl (C=O) groups is 1. The zero-order chi connectivity index (χ0) is 24.3. The summed E-state index contributed by atoms with van der Waals surface area (Å²) in [7, 11) is 0. The third kappa shape index (κ3) is 3.11. The Kier molecular flexibility index (Phi) is 5.15. The van der Waals surface area contributed by atoms with Gasteiger partial charge < -0.3 is 10.0 Å². The summed E-state index contributed by atoms with van der Waals surface area (Å²) in [4.78, 5) is 18.8. The van der Waals surface area contributed by atoms with Crippen molar-refractivity contribution < 1.29 is 18.7 Å². The molecule has 2 aliphatic carbocycles. The normalized spacial score (nSPS) is 22.0. The molecular formula is C26H26F2N4O2. The summed E-state index contributed by atoms with van der Waals surface area (Å²) in [6.45, 7) is 7.18. The summed E-state index contributed by atoms with van der Waals surface area (Å²) in [6, 6.07) is 8.48. The predicted octanol–water partition coefficient (Wildman–Crippen LogP) is 4.84. The minimum Gasteiger partial charge on any atom is -0.493 e. The maximum Gasteiger partial charge on any atom is 0.254 e. The highest BCUT2D eigenvalue weighted by Gasteiger charge is 2.64. The maximum atomic E-state index is 14.4. The van der Waals surface area contributed by atoms with Gasteiger partial charge in [-0.2, -0.15) is 10.2 Å². The zero-order valence-corrected chi connectivity index (χ0v) is 19.3. The van der Waals surface area contributed by atoms with Crippen LogP contribution in [0.4, 0.5) is 8.78 Å². The molecule has 2 heterocycles. The zero-order valence-electron chi connectivity index (χ0n) is 19.3. The van der Waals surface area contributed by atoms with Crippen LogP contribution >= 0.6 is 0 Å². The van der Waals surface area contributed by atoms with Gasteiger partial charge in [0.2, 0.25) is 5.88 Å². The van der Waals surface area contributed by atoms with Crippen molar-refractivity contribution in [1.82, 2.24) is 20.1 Å². The number of benzene rings is 1. The second kappa shape index (κ2) is 7.82. The van der Waals surface area contributed by atoms with Gasteiger partial charge in [-0.25, -0.2) is 13.8 Å². The fourth-order valence-electron chi connectivity index (χ4n) is 6.03. The van der Waals surface area contributed by atoms with Crippen molar-refractivity contribution in [3.63, 3.8) is 0 Å². The lowest BCUT2D eigenvalue weighted by Gasteiger charge is -2.41. The number of carbonyl (C=O) groups excluding carboxylic acids is 1. The van der Waals surface area contributed by atoms with Gasteiger partial charge in [-0.15, -0.1) is 0 Å². The van der Waals surface area contributed by atoms with Crippen molar-refractivity contribution in [2.45, 2.75) is 44.9 Å². The van der Waals surface area contributed by atoms with E-state index >= 15 is 0 Å². The topological polar surface area (TPSA) is 79.2 Å². The van der Waals surface area contributed by atoms with E-state index in [2.05, 4.69) is 29.0 Å². The Labute approximate surface area is 196 Å². The monoisotopic (exact) mass is 464 g/mol. The van der Waals surface area contributed by atoms with Crippen LogP contribution in [0, 0.1) is 17.0 Å². The fourth-order valence-corrected chi connectivity index (χ4v) is 6.03. The van der Waals surface area contributed by atoms with Gasteiger partial charge in [-0.1, -0.05) is 19.9 Å². The molecule has 2 aromatic heterocycles. The quantitative estimate of drug-likeness (QED) is 0.585. The van der Waals surface area contributed by atoms with Gasteiger partial charge >= 0.3 is 0 Å². The number of hydrogen-bond donors (Lipinski definition) is 1. The van der Waals surface area contributed by atoms with Gasteiger partial charge in [0.25, 0.3) is 5.91 Å². The second-order valence-electron chi connectivity index (χ2n) is 9.75. The smallest absolute Gasteiger partial charge is 0.254 e. The Balaban J connectivity index is 1.56. The van der Waals surface area contributed by atoms with Crippen LogP contribution in [0.25, 0.3) is 11.3 Å². The molecule has 0 unspecified atom stereocenters. The van der Waals surface area contributed by atoms with Gasteiger partial charge in [-0.05, 0) is 60.9 Å². The number of fused-ring (bicyclic) bond motifs is 5. The van der Waals surface area contributed by atoms with E-state index in [4.69, 9.17) is 0 Å². The lowest BCUT2D eigenvalue weighted by Crippen LogP contribution is -2.48.